The zero-order chi connectivity index (χ0) is 9.14. The molecule has 0 bridgehead atoms. The first-order valence-electron chi connectivity index (χ1n) is 4.98. The minimum absolute atomic E-state index is 0.353. The molecule has 1 aliphatic heterocycles. The molecule has 3 atom stereocenters. The van der Waals surface area contributed by atoms with Crippen molar-refractivity contribution >= 4 is 0 Å². The summed E-state index contributed by atoms with van der Waals surface area (Å²) < 4.78 is 0. The van der Waals surface area contributed by atoms with Crippen LogP contribution in [0.3, 0.4) is 0 Å². The largest absolute Gasteiger partial charge is 0.396 e. The average Bonchev–Trinajstić information content (AvgIpc) is 2.07. The van der Waals surface area contributed by atoms with E-state index in [0.29, 0.717) is 12.6 Å². The molecule has 3 unspecified atom stereocenters. The van der Waals surface area contributed by atoms with Gasteiger partial charge in [0.2, 0.25) is 0 Å². The second-order valence-electron chi connectivity index (χ2n) is 4.14. The Labute approximate surface area is 75.6 Å². The van der Waals surface area contributed by atoms with Crippen LogP contribution in [0.15, 0.2) is 0 Å². The smallest absolute Gasteiger partial charge is 0.0433 e. The predicted molar refractivity (Wildman–Crippen MR) is 51.1 cm³/mol. The van der Waals surface area contributed by atoms with E-state index in [1.165, 1.54) is 13.0 Å². The second kappa shape index (κ2) is 4.24. The molecule has 0 amide bonds. The van der Waals surface area contributed by atoms with Gasteiger partial charge in [0.05, 0.1) is 0 Å². The molecule has 1 fully saturated rings. The Bertz CT molecular complexity index is 138. The zero-order valence-electron chi connectivity index (χ0n) is 8.45. The van der Waals surface area contributed by atoms with E-state index in [0.717, 1.165) is 18.3 Å². The molecule has 2 nitrogen and oxygen atoms in total. The first-order chi connectivity index (χ1) is 5.66. The first kappa shape index (κ1) is 10.0. The molecular weight excluding hydrogens is 150 g/mol. The maximum Gasteiger partial charge on any atom is 0.0433 e. The van der Waals surface area contributed by atoms with Crippen LogP contribution < -0.4 is 0 Å². The molecule has 1 heterocycles. The monoisotopic (exact) mass is 171 g/mol. The van der Waals surface area contributed by atoms with Crippen LogP contribution in [0.1, 0.15) is 26.7 Å². The maximum atomic E-state index is 8.87. The lowest BCUT2D eigenvalue weighted by atomic mass is 9.80. The Morgan fingerprint density at radius 1 is 1.42 bits per heavy atom. The summed E-state index contributed by atoms with van der Waals surface area (Å²) in [6, 6.07) is 0.676. The fourth-order valence-electron chi connectivity index (χ4n) is 2.20. The van der Waals surface area contributed by atoms with E-state index in [2.05, 4.69) is 25.8 Å². The molecule has 0 aliphatic carbocycles. The van der Waals surface area contributed by atoms with Crippen molar-refractivity contribution in [2.45, 2.75) is 32.7 Å². The van der Waals surface area contributed by atoms with Gasteiger partial charge in [-0.05, 0) is 45.2 Å². The highest BCUT2D eigenvalue weighted by Crippen LogP contribution is 2.29. The Hall–Kier alpha value is -0.0800. The lowest BCUT2D eigenvalue weighted by molar-refractivity contribution is 0.0754. The Kier molecular flexibility index (Phi) is 3.53. The third-order valence-corrected chi connectivity index (χ3v) is 3.55. The van der Waals surface area contributed by atoms with Crippen LogP contribution in [0.5, 0.6) is 0 Å². The molecule has 72 valence electrons. The molecular formula is C10H21NO. The summed E-state index contributed by atoms with van der Waals surface area (Å²) in [5, 5.41) is 8.87. The molecule has 1 aliphatic rings. The van der Waals surface area contributed by atoms with Crippen LogP contribution >= 0.6 is 0 Å². The van der Waals surface area contributed by atoms with E-state index in [1.807, 2.05) is 0 Å². The van der Waals surface area contributed by atoms with Crippen LogP contribution in [0.2, 0.25) is 0 Å². The summed E-state index contributed by atoms with van der Waals surface area (Å²) in [6.07, 6.45) is 2.24. The number of rotatable bonds is 2. The number of piperidine rings is 1. The molecule has 0 aromatic heterocycles. The Balaban J connectivity index is 2.46. The number of hydrogen-bond donors (Lipinski definition) is 1. The van der Waals surface area contributed by atoms with Crippen molar-refractivity contribution in [3.05, 3.63) is 0 Å². The van der Waals surface area contributed by atoms with Crippen molar-refractivity contribution in [2.24, 2.45) is 11.8 Å². The van der Waals surface area contributed by atoms with Crippen LogP contribution in [-0.4, -0.2) is 36.2 Å². The van der Waals surface area contributed by atoms with Crippen LogP contribution in [0, 0.1) is 11.8 Å². The van der Waals surface area contributed by atoms with Gasteiger partial charge >= 0.3 is 0 Å². The first-order valence-corrected chi connectivity index (χ1v) is 4.98. The molecule has 1 saturated heterocycles. The van der Waals surface area contributed by atoms with Crippen molar-refractivity contribution in [1.29, 1.82) is 0 Å². The number of aliphatic hydroxyl groups excluding tert-OH is 1. The molecule has 2 heteroatoms. The van der Waals surface area contributed by atoms with Gasteiger partial charge in [0.25, 0.3) is 0 Å². The van der Waals surface area contributed by atoms with E-state index in [-0.39, 0.29) is 0 Å². The average molecular weight is 171 g/mol. The number of likely N-dealkylation sites (tertiary alicyclic amines) is 1. The highest BCUT2D eigenvalue weighted by Gasteiger charge is 2.29. The Morgan fingerprint density at radius 3 is 2.67 bits per heavy atom. The molecule has 0 radical (unpaired) electrons. The highest BCUT2D eigenvalue weighted by atomic mass is 16.3. The van der Waals surface area contributed by atoms with Gasteiger partial charge in [0.15, 0.2) is 0 Å². The van der Waals surface area contributed by atoms with Crippen molar-refractivity contribution in [3.8, 4) is 0 Å². The van der Waals surface area contributed by atoms with Crippen molar-refractivity contribution in [1.82, 2.24) is 4.90 Å². The summed E-state index contributed by atoms with van der Waals surface area (Å²) in [4.78, 5) is 2.42. The van der Waals surface area contributed by atoms with Crippen molar-refractivity contribution in [2.75, 3.05) is 20.2 Å². The second-order valence-corrected chi connectivity index (χ2v) is 4.14. The quantitative estimate of drug-likeness (QED) is 0.678. The molecule has 1 N–H and O–H groups in total. The minimum Gasteiger partial charge on any atom is -0.396 e. The highest BCUT2D eigenvalue weighted by molar-refractivity contribution is 4.82. The normalized spacial score (nSPS) is 38.5. The van der Waals surface area contributed by atoms with E-state index in [4.69, 9.17) is 5.11 Å². The van der Waals surface area contributed by atoms with E-state index >= 15 is 0 Å². The zero-order valence-corrected chi connectivity index (χ0v) is 8.45. The van der Waals surface area contributed by atoms with Crippen LogP contribution in [0.4, 0.5) is 0 Å². The van der Waals surface area contributed by atoms with E-state index < -0.39 is 0 Å². The summed E-state index contributed by atoms with van der Waals surface area (Å²) in [5.74, 6) is 1.47. The van der Waals surface area contributed by atoms with Gasteiger partial charge in [-0.1, -0.05) is 6.92 Å². The van der Waals surface area contributed by atoms with Gasteiger partial charge in [-0.3, -0.25) is 0 Å². The van der Waals surface area contributed by atoms with Crippen LogP contribution in [-0.2, 0) is 0 Å². The molecule has 12 heavy (non-hydrogen) atoms. The minimum atomic E-state index is 0.353. The lowest BCUT2D eigenvalue weighted by Gasteiger charge is -2.40. The molecule has 1 rings (SSSR count). The SMILES string of the molecule is CC1C(CCO)CCN(C)C1C. The van der Waals surface area contributed by atoms with Crippen LogP contribution in [0.25, 0.3) is 0 Å². The molecule has 0 saturated carbocycles. The topological polar surface area (TPSA) is 23.5 Å². The Morgan fingerprint density at radius 2 is 2.08 bits per heavy atom. The number of aliphatic hydroxyl groups is 1. The van der Waals surface area contributed by atoms with Gasteiger partial charge < -0.3 is 10.0 Å². The summed E-state index contributed by atoms with van der Waals surface area (Å²) >= 11 is 0. The number of nitrogens with zero attached hydrogens (tertiary/aromatic N) is 1. The summed E-state index contributed by atoms with van der Waals surface area (Å²) in [6.45, 7) is 6.14. The van der Waals surface area contributed by atoms with Gasteiger partial charge in [0.1, 0.15) is 0 Å². The molecule has 0 spiro atoms. The third kappa shape index (κ3) is 1.99. The van der Waals surface area contributed by atoms with Crippen molar-refractivity contribution in [3.63, 3.8) is 0 Å². The maximum absolute atomic E-state index is 8.87. The van der Waals surface area contributed by atoms with Crippen molar-refractivity contribution < 1.29 is 5.11 Å². The third-order valence-electron chi connectivity index (χ3n) is 3.55. The fraction of sp³-hybridized carbons (Fsp3) is 1.00. The van der Waals surface area contributed by atoms with Gasteiger partial charge in [-0.25, -0.2) is 0 Å². The van der Waals surface area contributed by atoms with Gasteiger partial charge in [-0.2, -0.15) is 0 Å². The van der Waals surface area contributed by atoms with Gasteiger partial charge in [-0.15, -0.1) is 0 Å². The van der Waals surface area contributed by atoms with E-state index in [9.17, 15) is 0 Å². The lowest BCUT2D eigenvalue weighted by Crippen LogP contribution is -2.44. The molecule has 0 aromatic carbocycles. The standard InChI is InChI=1S/C10H21NO/c1-8-9(2)11(3)6-4-10(8)5-7-12/h8-10,12H,4-7H2,1-3H3. The van der Waals surface area contributed by atoms with Gasteiger partial charge in [0, 0.05) is 12.6 Å². The summed E-state index contributed by atoms with van der Waals surface area (Å²) in [7, 11) is 2.19. The number of hydrogen-bond acceptors (Lipinski definition) is 2. The fourth-order valence-corrected chi connectivity index (χ4v) is 2.20. The summed E-state index contributed by atoms with van der Waals surface area (Å²) in [5.41, 5.74) is 0. The van der Waals surface area contributed by atoms with E-state index in [1.54, 1.807) is 0 Å². The molecule has 0 aromatic rings. The predicted octanol–water partition coefficient (Wildman–Crippen LogP) is 1.35.